The van der Waals surface area contributed by atoms with Crippen LogP contribution in [-0.4, -0.2) is 16.3 Å². The number of ether oxygens (including phenoxy) is 1. The van der Waals surface area contributed by atoms with E-state index in [1.807, 2.05) is 0 Å². The molecule has 2 N–H and O–H groups in total. The number of hydrogen-bond donors (Lipinski definition) is 1. The summed E-state index contributed by atoms with van der Waals surface area (Å²) in [6, 6.07) is 5.78. The second-order valence-corrected chi connectivity index (χ2v) is 4.76. The van der Waals surface area contributed by atoms with Crippen LogP contribution in [0.4, 0.5) is 19.0 Å². The number of para-hydroxylation sites is 1. The van der Waals surface area contributed by atoms with Crippen LogP contribution >= 0.6 is 0 Å². The first-order valence-electron chi connectivity index (χ1n) is 6.44. The van der Waals surface area contributed by atoms with Crippen LogP contribution in [0.5, 0.6) is 5.75 Å². The highest BCUT2D eigenvalue weighted by Gasteiger charge is 2.32. The van der Waals surface area contributed by atoms with Gasteiger partial charge in [-0.25, -0.2) is 9.97 Å². The molecule has 21 heavy (non-hydrogen) atoms. The van der Waals surface area contributed by atoms with Crippen molar-refractivity contribution in [2.24, 2.45) is 0 Å². The van der Waals surface area contributed by atoms with Crippen molar-refractivity contribution in [1.29, 1.82) is 0 Å². The minimum Gasteiger partial charge on any atom is -0.405 e. The molecule has 4 nitrogen and oxygen atoms in total. The summed E-state index contributed by atoms with van der Waals surface area (Å²) in [5.74, 6) is 0.157. The standard InChI is InChI=1S/C14H12F3N3O/c15-14(16,17)21-11-7-2-1-4-9(11)13-19-10-6-3-5-8(10)12(18)20-13/h1-2,4,7H,3,5-6H2,(H2,18,19,20). The van der Waals surface area contributed by atoms with Gasteiger partial charge in [0.15, 0.2) is 5.82 Å². The SMILES string of the molecule is Nc1nc(-c2ccccc2OC(F)(F)F)nc2c1CCC2. The van der Waals surface area contributed by atoms with Crippen molar-refractivity contribution >= 4 is 5.82 Å². The monoisotopic (exact) mass is 295 g/mol. The van der Waals surface area contributed by atoms with Crippen LogP contribution in [-0.2, 0) is 12.8 Å². The highest BCUT2D eigenvalue weighted by atomic mass is 19.4. The van der Waals surface area contributed by atoms with E-state index < -0.39 is 6.36 Å². The zero-order valence-corrected chi connectivity index (χ0v) is 10.9. The predicted octanol–water partition coefficient (Wildman–Crippen LogP) is 3.11. The minimum absolute atomic E-state index is 0.160. The molecule has 0 aliphatic heterocycles. The summed E-state index contributed by atoms with van der Waals surface area (Å²) in [7, 11) is 0. The Kier molecular flexibility index (Phi) is 3.19. The zero-order chi connectivity index (χ0) is 15.0. The fraction of sp³-hybridized carbons (Fsp3) is 0.286. The van der Waals surface area contributed by atoms with Gasteiger partial charge in [0.1, 0.15) is 11.6 Å². The number of hydrogen-bond acceptors (Lipinski definition) is 4. The molecule has 0 saturated carbocycles. The molecule has 2 aromatic rings. The molecule has 0 spiro atoms. The Bertz CT molecular complexity index is 686. The summed E-state index contributed by atoms with van der Waals surface area (Å²) in [5.41, 5.74) is 7.75. The molecule has 0 unspecified atom stereocenters. The van der Waals surface area contributed by atoms with Crippen LogP contribution in [0, 0.1) is 0 Å². The van der Waals surface area contributed by atoms with Gasteiger partial charge in [-0.15, -0.1) is 13.2 Å². The number of rotatable bonds is 2. The van der Waals surface area contributed by atoms with Crippen LogP contribution in [0.15, 0.2) is 24.3 Å². The van der Waals surface area contributed by atoms with E-state index in [-0.39, 0.29) is 17.1 Å². The molecule has 1 aromatic heterocycles. The van der Waals surface area contributed by atoms with Crippen molar-refractivity contribution in [2.45, 2.75) is 25.6 Å². The Morgan fingerprint density at radius 1 is 1.10 bits per heavy atom. The molecule has 7 heteroatoms. The van der Waals surface area contributed by atoms with Crippen LogP contribution in [0.2, 0.25) is 0 Å². The van der Waals surface area contributed by atoms with Crippen LogP contribution in [0.25, 0.3) is 11.4 Å². The van der Waals surface area contributed by atoms with E-state index in [1.165, 1.54) is 18.2 Å². The van der Waals surface area contributed by atoms with E-state index >= 15 is 0 Å². The highest BCUT2D eigenvalue weighted by molar-refractivity contribution is 5.66. The lowest BCUT2D eigenvalue weighted by Crippen LogP contribution is -2.17. The van der Waals surface area contributed by atoms with Crippen LogP contribution in [0.1, 0.15) is 17.7 Å². The molecular formula is C14H12F3N3O. The van der Waals surface area contributed by atoms with Gasteiger partial charge in [-0.1, -0.05) is 12.1 Å². The highest BCUT2D eigenvalue weighted by Crippen LogP contribution is 2.34. The molecule has 0 fully saturated rings. The molecule has 3 rings (SSSR count). The number of nitrogens with two attached hydrogens (primary N) is 1. The first-order chi connectivity index (χ1) is 9.94. The van der Waals surface area contributed by atoms with Gasteiger partial charge in [0, 0.05) is 11.3 Å². The van der Waals surface area contributed by atoms with Crippen molar-refractivity contribution in [1.82, 2.24) is 9.97 Å². The zero-order valence-electron chi connectivity index (χ0n) is 10.9. The fourth-order valence-corrected chi connectivity index (χ4v) is 2.45. The van der Waals surface area contributed by atoms with Crippen molar-refractivity contribution in [3.63, 3.8) is 0 Å². The van der Waals surface area contributed by atoms with Crippen molar-refractivity contribution in [2.75, 3.05) is 5.73 Å². The Balaban J connectivity index is 2.07. The van der Waals surface area contributed by atoms with E-state index in [0.717, 1.165) is 30.5 Å². The molecule has 1 aliphatic rings. The number of nitrogens with zero attached hydrogens (tertiary/aromatic N) is 2. The summed E-state index contributed by atoms with van der Waals surface area (Å²) < 4.78 is 41.4. The first kappa shape index (κ1) is 13.7. The molecule has 0 atom stereocenters. The molecule has 0 saturated heterocycles. The van der Waals surface area contributed by atoms with E-state index in [0.29, 0.717) is 5.82 Å². The summed E-state index contributed by atoms with van der Waals surface area (Å²) in [5, 5.41) is 0. The van der Waals surface area contributed by atoms with E-state index in [9.17, 15) is 13.2 Å². The third-order valence-electron chi connectivity index (χ3n) is 3.32. The third-order valence-corrected chi connectivity index (χ3v) is 3.32. The minimum atomic E-state index is -4.77. The van der Waals surface area contributed by atoms with Crippen molar-refractivity contribution in [3.8, 4) is 17.1 Å². The first-order valence-corrected chi connectivity index (χ1v) is 6.44. The summed E-state index contributed by atoms with van der Waals surface area (Å²) in [6.07, 6.45) is -2.27. The summed E-state index contributed by atoms with van der Waals surface area (Å²) in [4.78, 5) is 8.46. The van der Waals surface area contributed by atoms with Crippen LogP contribution in [0.3, 0.4) is 0 Å². The smallest absolute Gasteiger partial charge is 0.405 e. The molecule has 0 amide bonds. The quantitative estimate of drug-likeness (QED) is 0.924. The lowest BCUT2D eigenvalue weighted by Gasteiger charge is -2.13. The molecular weight excluding hydrogens is 283 g/mol. The summed E-state index contributed by atoms with van der Waals surface area (Å²) >= 11 is 0. The van der Waals surface area contributed by atoms with Gasteiger partial charge in [-0.3, -0.25) is 0 Å². The molecule has 1 heterocycles. The number of benzene rings is 1. The van der Waals surface area contributed by atoms with Gasteiger partial charge in [0.2, 0.25) is 0 Å². The van der Waals surface area contributed by atoms with Crippen molar-refractivity contribution < 1.29 is 17.9 Å². The number of nitrogen functional groups attached to an aromatic ring is 1. The van der Waals surface area contributed by atoms with E-state index in [2.05, 4.69) is 14.7 Å². The van der Waals surface area contributed by atoms with Gasteiger partial charge in [0.05, 0.1) is 5.56 Å². The average Bonchev–Trinajstić information content (AvgIpc) is 2.86. The lowest BCUT2D eigenvalue weighted by molar-refractivity contribution is -0.274. The van der Waals surface area contributed by atoms with Crippen molar-refractivity contribution in [3.05, 3.63) is 35.5 Å². The fourth-order valence-electron chi connectivity index (χ4n) is 2.45. The average molecular weight is 295 g/mol. The number of alkyl halides is 3. The Morgan fingerprint density at radius 2 is 1.86 bits per heavy atom. The van der Waals surface area contributed by atoms with E-state index in [4.69, 9.17) is 5.73 Å². The largest absolute Gasteiger partial charge is 0.573 e. The van der Waals surface area contributed by atoms with Crippen LogP contribution < -0.4 is 10.5 Å². The number of halogens is 3. The molecule has 1 aromatic carbocycles. The van der Waals surface area contributed by atoms with Gasteiger partial charge in [0.25, 0.3) is 0 Å². The lowest BCUT2D eigenvalue weighted by atomic mass is 10.1. The summed E-state index contributed by atoms with van der Waals surface area (Å²) in [6.45, 7) is 0. The number of anilines is 1. The van der Waals surface area contributed by atoms with E-state index in [1.54, 1.807) is 6.07 Å². The topological polar surface area (TPSA) is 61.0 Å². The maximum atomic E-state index is 12.4. The van der Waals surface area contributed by atoms with Gasteiger partial charge < -0.3 is 10.5 Å². The van der Waals surface area contributed by atoms with Gasteiger partial charge in [-0.05, 0) is 31.4 Å². The van der Waals surface area contributed by atoms with Gasteiger partial charge in [-0.2, -0.15) is 0 Å². The molecule has 1 aliphatic carbocycles. The number of aromatic nitrogens is 2. The molecule has 0 bridgehead atoms. The second-order valence-electron chi connectivity index (χ2n) is 4.76. The Labute approximate surface area is 118 Å². The van der Waals surface area contributed by atoms with Gasteiger partial charge >= 0.3 is 6.36 Å². The number of fused-ring (bicyclic) bond motifs is 1. The number of aryl methyl sites for hydroxylation is 1. The third kappa shape index (κ3) is 2.76. The normalized spacial score (nSPS) is 14.0. The Hall–Kier alpha value is -2.31. The molecule has 0 radical (unpaired) electrons. The second kappa shape index (κ2) is 4.91. The maximum absolute atomic E-state index is 12.4. The predicted molar refractivity (Wildman–Crippen MR) is 70.6 cm³/mol. The molecule has 110 valence electrons. The maximum Gasteiger partial charge on any atom is 0.573 e. The Morgan fingerprint density at radius 3 is 2.62 bits per heavy atom.